The van der Waals surface area contributed by atoms with Crippen molar-refractivity contribution in [2.24, 2.45) is 5.84 Å². The number of hydrazine groups is 1. The highest BCUT2D eigenvalue weighted by Gasteiger charge is 2.12. The highest BCUT2D eigenvalue weighted by atomic mass is 16.5. The zero-order valence-corrected chi connectivity index (χ0v) is 9.14. The highest BCUT2D eigenvalue weighted by Crippen LogP contribution is 2.21. The normalized spacial score (nSPS) is 10.0. The van der Waals surface area contributed by atoms with E-state index >= 15 is 0 Å². The summed E-state index contributed by atoms with van der Waals surface area (Å²) in [5, 5.41) is 0. The molecule has 0 radical (unpaired) electrons. The zero-order valence-electron chi connectivity index (χ0n) is 9.14. The van der Waals surface area contributed by atoms with Crippen LogP contribution in [0.1, 0.15) is 10.6 Å². The number of nitrogens with zero attached hydrogens (tertiary/aromatic N) is 1. The molecule has 88 valence electrons. The fraction of sp³-hybridized carbons (Fsp3) is 0.0909. The van der Waals surface area contributed by atoms with E-state index in [9.17, 15) is 4.79 Å². The van der Waals surface area contributed by atoms with Gasteiger partial charge in [0.1, 0.15) is 5.75 Å². The molecule has 0 atom stereocenters. The molecule has 0 unspecified atom stereocenters. The van der Waals surface area contributed by atoms with Gasteiger partial charge < -0.3 is 9.15 Å². The maximum absolute atomic E-state index is 11.2. The predicted molar refractivity (Wildman–Crippen MR) is 60.1 cm³/mol. The van der Waals surface area contributed by atoms with Crippen LogP contribution in [-0.2, 0) is 0 Å². The van der Waals surface area contributed by atoms with E-state index in [2.05, 4.69) is 4.98 Å². The van der Waals surface area contributed by atoms with Crippen LogP contribution in [0.4, 0.5) is 0 Å². The highest BCUT2D eigenvalue weighted by molar-refractivity contribution is 5.90. The van der Waals surface area contributed by atoms with Crippen LogP contribution in [0.3, 0.4) is 0 Å². The molecule has 6 heteroatoms. The van der Waals surface area contributed by atoms with Crippen molar-refractivity contribution < 1.29 is 13.9 Å². The van der Waals surface area contributed by atoms with Gasteiger partial charge in [-0.2, -0.15) is 0 Å². The molecule has 1 aromatic carbocycles. The van der Waals surface area contributed by atoms with Gasteiger partial charge in [0, 0.05) is 5.56 Å². The topological polar surface area (TPSA) is 90.4 Å². The Labute approximate surface area is 97.4 Å². The lowest BCUT2D eigenvalue weighted by molar-refractivity contribution is 0.0927. The second-order valence-corrected chi connectivity index (χ2v) is 3.23. The molecule has 2 rings (SSSR count). The largest absolute Gasteiger partial charge is 0.497 e. The summed E-state index contributed by atoms with van der Waals surface area (Å²) in [5.74, 6) is 5.63. The smallest absolute Gasteiger partial charge is 0.302 e. The molecule has 0 aliphatic rings. The number of aromatic nitrogens is 1. The van der Waals surface area contributed by atoms with Crippen LogP contribution in [0.5, 0.6) is 5.75 Å². The lowest BCUT2D eigenvalue weighted by atomic mass is 10.2. The van der Waals surface area contributed by atoms with Crippen molar-refractivity contribution in [2.45, 2.75) is 0 Å². The van der Waals surface area contributed by atoms with Gasteiger partial charge in [0.2, 0.25) is 11.7 Å². The van der Waals surface area contributed by atoms with Crippen molar-refractivity contribution in [1.29, 1.82) is 0 Å². The van der Waals surface area contributed by atoms with Gasteiger partial charge >= 0.3 is 5.91 Å². The molecule has 0 saturated carbocycles. The van der Waals surface area contributed by atoms with Gasteiger partial charge in [0.15, 0.2) is 0 Å². The summed E-state index contributed by atoms with van der Waals surface area (Å²) in [7, 11) is 1.59. The van der Waals surface area contributed by atoms with E-state index in [1.807, 2.05) is 5.43 Å². The number of nitrogens with one attached hydrogen (secondary N) is 1. The minimum atomic E-state index is -0.516. The van der Waals surface area contributed by atoms with E-state index in [-0.39, 0.29) is 5.76 Å². The Morgan fingerprint density at radius 2 is 2.12 bits per heavy atom. The summed E-state index contributed by atoms with van der Waals surface area (Å²) in [6.45, 7) is 0. The quantitative estimate of drug-likeness (QED) is 0.468. The number of hydrogen-bond donors (Lipinski definition) is 2. The average Bonchev–Trinajstić information content (AvgIpc) is 2.87. The average molecular weight is 233 g/mol. The first-order valence-electron chi connectivity index (χ1n) is 4.86. The Bertz CT molecular complexity index is 519. The van der Waals surface area contributed by atoms with Crippen LogP contribution in [-0.4, -0.2) is 18.0 Å². The maximum atomic E-state index is 11.2. The summed E-state index contributed by atoms with van der Waals surface area (Å²) in [6.07, 6.45) is 1.32. The van der Waals surface area contributed by atoms with Gasteiger partial charge in [-0.15, -0.1) is 0 Å². The van der Waals surface area contributed by atoms with Crippen molar-refractivity contribution in [1.82, 2.24) is 10.4 Å². The monoisotopic (exact) mass is 233 g/mol. The molecule has 2 aromatic rings. The van der Waals surface area contributed by atoms with Crippen molar-refractivity contribution in [3.8, 4) is 17.2 Å². The number of oxazole rings is 1. The third-order valence-electron chi connectivity index (χ3n) is 2.20. The molecule has 1 heterocycles. The lowest BCUT2D eigenvalue weighted by Crippen LogP contribution is -2.29. The first-order valence-corrected chi connectivity index (χ1v) is 4.86. The number of amides is 1. The first-order chi connectivity index (χ1) is 8.24. The molecule has 0 saturated heterocycles. The predicted octanol–water partition coefficient (Wildman–Crippen LogP) is 0.954. The molecule has 0 aliphatic heterocycles. The van der Waals surface area contributed by atoms with E-state index in [4.69, 9.17) is 15.0 Å². The van der Waals surface area contributed by atoms with Crippen LogP contribution in [0.25, 0.3) is 11.5 Å². The van der Waals surface area contributed by atoms with Crippen molar-refractivity contribution in [2.75, 3.05) is 7.11 Å². The molecule has 6 nitrogen and oxygen atoms in total. The number of nitrogens with two attached hydrogens (primary N) is 1. The zero-order chi connectivity index (χ0) is 12.3. The molecule has 17 heavy (non-hydrogen) atoms. The Hall–Kier alpha value is -2.34. The Kier molecular flexibility index (Phi) is 3.06. The summed E-state index contributed by atoms with van der Waals surface area (Å²) in [6, 6.07) is 7.13. The Morgan fingerprint density at radius 3 is 2.71 bits per heavy atom. The third kappa shape index (κ3) is 2.26. The number of hydrogen-bond acceptors (Lipinski definition) is 5. The van der Waals surface area contributed by atoms with Crippen molar-refractivity contribution in [3.05, 3.63) is 36.2 Å². The van der Waals surface area contributed by atoms with Crippen LogP contribution < -0.4 is 16.0 Å². The fourth-order valence-electron chi connectivity index (χ4n) is 1.32. The number of nitrogen functional groups attached to an aromatic ring is 1. The van der Waals surface area contributed by atoms with Gasteiger partial charge in [-0.3, -0.25) is 10.2 Å². The van der Waals surface area contributed by atoms with Gasteiger partial charge in [0.05, 0.1) is 13.3 Å². The minimum absolute atomic E-state index is 0.0679. The van der Waals surface area contributed by atoms with E-state index in [1.165, 1.54) is 6.20 Å². The molecule has 1 amide bonds. The number of benzene rings is 1. The summed E-state index contributed by atoms with van der Waals surface area (Å²) < 4.78 is 10.3. The molecule has 0 aliphatic carbocycles. The lowest BCUT2D eigenvalue weighted by Gasteiger charge is -1.99. The summed E-state index contributed by atoms with van der Waals surface area (Å²) in [5.41, 5.74) is 2.72. The third-order valence-corrected chi connectivity index (χ3v) is 2.20. The number of rotatable bonds is 3. The van der Waals surface area contributed by atoms with Crippen LogP contribution in [0, 0.1) is 0 Å². The Balaban J connectivity index is 2.27. The molecular formula is C11H11N3O3. The summed E-state index contributed by atoms with van der Waals surface area (Å²) >= 11 is 0. The molecule has 1 aromatic heterocycles. The van der Waals surface area contributed by atoms with E-state index in [0.29, 0.717) is 5.89 Å². The molecule has 0 spiro atoms. The van der Waals surface area contributed by atoms with Crippen molar-refractivity contribution >= 4 is 5.91 Å². The molecular weight excluding hydrogens is 222 g/mol. The standard InChI is InChI=1S/C11H11N3O3/c1-16-8-4-2-7(3-5-8)11-13-6-9(17-11)10(15)14-12/h2-6H,12H2,1H3,(H,14,15). The van der Waals surface area contributed by atoms with E-state index < -0.39 is 5.91 Å². The summed E-state index contributed by atoms with van der Waals surface area (Å²) in [4.78, 5) is 15.2. The van der Waals surface area contributed by atoms with E-state index in [1.54, 1.807) is 31.4 Å². The van der Waals surface area contributed by atoms with Crippen LogP contribution in [0.2, 0.25) is 0 Å². The first kappa shape index (κ1) is 11.2. The minimum Gasteiger partial charge on any atom is -0.497 e. The Morgan fingerprint density at radius 1 is 1.41 bits per heavy atom. The molecule has 0 bridgehead atoms. The van der Waals surface area contributed by atoms with Crippen molar-refractivity contribution in [3.63, 3.8) is 0 Å². The SMILES string of the molecule is COc1ccc(-c2ncc(C(=O)NN)o2)cc1. The second kappa shape index (κ2) is 4.67. The van der Waals surface area contributed by atoms with Gasteiger partial charge in [0.25, 0.3) is 0 Å². The number of carbonyl (C=O) groups excluding carboxylic acids is 1. The molecule has 0 fully saturated rings. The van der Waals surface area contributed by atoms with Gasteiger partial charge in [-0.1, -0.05) is 0 Å². The molecule has 3 N–H and O–H groups in total. The second-order valence-electron chi connectivity index (χ2n) is 3.23. The number of methoxy groups -OCH3 is 1. The van der Waals surface area contributed by atoms with Crippen LogP contribution >= 0.6 is 0 Å². The maximum Gasteiger partial charge on any atom is 0.302 e. The number of ether oxygens (including phenoxy) is 1. The van der Waals surface area contributed by atoms with Crippen LogP contribution in [0.15, 0.2) is 34.9 Å². The van der Waals surface area contributed by atoms with E-state index in [0.717, 1.165) is 11.3 Å². The van der Waals surface area contributed by atoms with Gasteiger partial charge in [-0.25, -0.2) is 10.8 Å². The fourth-order valence-corrected chi connectivity index (χ4v) is 1.32. The van der Waals surface area contributed by atoms with Gasteiger partial charge in [-0.05, 0) is 24.3 Å². The number of carbonyl (C=O) groups is 1.